The lowest BCUT2D eigenvalue weighted by Crippen LogP contribution is -2.29. The zero-order chi connectivity index (χ0) is 6.28. The summed E-state index contributed by atoms with van der Waals surface area (Å²) in [7, 11) is 0. The van der Waals surface area contributed by atoms with Gasteiger partial charge < -0.3 is 21.0 Å². The molecule has 0 aromatic rings. The number of isocyanates is 1. The molecule has 0 saturated heterocycles. The van der Waals surface area contributed by atoms with Gasteiger partial charge >= 0.3 is 0 Å². The lowest BCUT2D eigenvalue weighted by atomic mass is 11.3. The minimum Gasteiger partial charge on any atom is -0.724 e. The van der Waals surface area contributed by atoms with Crippen LogP contribution in [0.15, 0.2) is 0 Å². The molecule has 2 N–H and O–H groups in total. The quantitative estimate of drug-likeness (QED) is 0.287. The Morgan fingerprint density at radius 1 is 1.86 bits per heavy atom. The van der Waals surface area contributed by atoms with Gasteiger partial charge in [0, 0.05) is 0 Å². The van der Waals surface area contributed by atoms with Crippen molar-refractivity contribution in [2.75, 3.05) is 0 Å². The smallest absolute Gasteiger partial charge is 0.131 e. The summed E-state index contributed by atoms with van der Waals surface area (Å²) in [6.07, 6.45) is -1.08. The molecule has 0 aliphatic rings. The van der Waals surface area contributed by atoms with Crippen LogP contribution in [0.25, 0.3) is 5.41 Å². The Morgan fingerprint density at radius 3 is 1.86 bits per heavy atom. The van der Waals surface area contributed by atoms with Crippen molar-refractivity contribution in [2.45, 2.75) is 0 Å². The minimum absolute atomic E-state index is 0.500. The molecule has 0 aromatic carbocycles. The van der Waals surface area contributed by atoms with Crippen LogP contribution in [0.5, 0.6) is 0 Å². The number of carboxylic acid groups (broad SMARTS) is 1. The van der Waals surface area contributed by atoms with Gasteiger partial charge in [0.1, 0.15) is 6.09 Å². The monoisotopic (exact) mass is 102 g/mol. The molecule has 0 aromatic heterocycles. The van der Waals surface area contributed by atoms with Crippen LogP contribution < -0.4 is 10.8 Å². The first-order valence-corrected chi connectivity index (χ1v) is 1.12. The molecule has 0 aliphatic heterocycles. The highest BCUT2D eigenvalue weighted by Crippen LogP contribution is 1.23. The Labute approximate surface area is 39.3 Å². The van der Waals surface area contributed by atoms with E-state index < -0.39 is 6.09 Å². The third kappa shape index (κ3) is 17.9. The molecule has 40 valence electrons. The number of nitrogens with two attached hydrogens (primary N) is 1. The average molecular weight is 102 g/mol. The first kappa shape index (κ1) is 9.17. The summed E-state index contributed by atoms with van der Waals surface area (Å²) in [6.45, 7) is 0. The van der Waals surface area contributed by atoms with Crippen LogP contribution >= 0.6 is 0 Å². The van der Waals surface area contributed by atoms with Crippen LogP contribution in [0.1, 0.15) is 0 Å². The Hall–Kier alpha value is -1.35. The van der Waals surface area contributed by atoms with Crippen molar-refractivity contribution in [1.82, 2.24) is 0 Å². The zero-order valence-electron chi connectivity index (χ0n) is 3.25. The Balaban J connectivity index is 0. The summed E-state index contributed by atoms with van der Waals surface area (Å²) >= 11 is 0. The first-order valence-electron chi connectivity index (χ1n) is 1.12. The number of carbonyl (C=O) groups excluding carboxylic acids is 2. The molecule has 0 heterocycles. The fourth-order valence-electron chi connectivity index (χ4n) is 0. The van der Waals surface area contributed by atoms with Crippen molar-refractivity contribution < 1.29 is 14.7 Å². The molecular weight excluding hydrogens is 100 g/mol. The van der Waals surface area contributed by atoms with E-state index in [-0.39, 0.29) is 0 Å². The summed E-state index contributed by atoms with van der Waals surface area (Å²) in [5.41, 5.74) is 3.92. The molecule has 7 heavy (non-hydrogen) atoms. The fraction of sp³-hybridized carbons (Fsp3) is 0. The third-order valence-electron chi connectivity index (χ3n) is 0. The number of hydrogen-bond donors (Lipinski definition) is 1. The normalized spacial score (nSPS) is 4.57. The van der Waals surface area contributed by atoms with Crippen LogP contribution in [0.4, 0.5) is 4.79 Å². The van der Waals surface area contributed by atoms with Crippen molar-refractivity contribution in [2.24, 2.45) is 5.73 Å². The second-order valence-corrected chi connectivity index (χ2v) is 0.410. The van der Waals surface area contributed by atoms with Crippen LogP contribution in [0.3, 0.4) is 0 Å². The van der Waals surface area contributed by atoms with E-state index in [0.29, 0.717) is 6.08 Å². The van der Waals surface area contributed by atoms with Crippen molar-refractivity contribution in [3.8, 4) is 0 Å². The first-order chi connectivity index (χ1) is 3.15. The number of rotatable bonds is 0. The lowest BCUT2D eigenvalue weighted by molar-refractivity contribution is -0.245. The van der Waals surface area contributed by atoms with Crippen LogP contribution in [0.2, 0.25) is 0 Å². The molecule has 5 nitrogen and oxygen atoms in total. The van der Waals surface area contributed by atoms with Gasteiger partial charge in [-0.15, -0.1) is 0 Å². The van der Waals surface area contributed by atoms with E-state index in [1.165, 1.54) is 0 Å². The van der Waals surface area contributed by atoms with Crippen molar-refractivity contribution >= 4 is 12.2 Å². The summed E-state index contributed by atoms with van der Waals surface area (Å²) in [4.78, 5) is 16.9. The Bertz CT molecular complexity index is 78.9. The van der Waals surface area contributed by atoms with Crippen LogP contribution in [-0.2, 0) is 4.79 Å². The maximum absolute atomic E-state index is 8.67. The minimum atomic E-state index is -1.58. The maximum atomic E-state index is 8.67. The van der Waals surface area contributed by atoms with Crippen LogP contribution in [0, 0.1) is 0 Å². The molecule has 0 spiro atoms. The molecule has 0 atom stereocenters. The molecule has 1 amide bonds. The van der Waals surface area contributed by atoms with Crippen LogP contribution in [-0.4, -0.2) is 12.2 Å². The maximum Gasteiger partial charge on any atom is 0.131 e. The number of nitrogens with zero attached hydrogens (tertiary/aromatic N) is 1. The van der Waals surface area contributed by atoms with Gasteiger partial charge in [0.05, 0.1) is 0 Å². The second-order valence-electron chi connectivity index (χ2n) is 0.410. The molecular formula is C2H2N2O3-2. The predicted molar refractivity (Wildman–Crippen MR) is 18.6 cm³/mol. The largest absolute Gasteiger partial charge is 0.724 e. The highest BCUT2D eigenvalue weighted by molar-refractivity contribution is 5.58. The van der Waals surface area contributed by atoms with E-state index >= 15 is 0 Å². The van der Waals surface area contributed by atoms with E-state index in [1.54, 1.807) is 0 Å². The van der Waals surface area contributed by atoms with Gasteiger partial charge in [-0.2, -0.15) is 0 Å². The SMILES string of the molecule is NC(=O)[O-].[N-]=C=O. The number of amides is 1. The number of hydrogen-bond acceptors (Lipinski definition) is 3. The van der Waals surface area contributed by atoms with Gasteiger partial charge in [0.15, 0.2) is 0 Å². The topological polar surface area (TPSA) is 106 Å². The van der Waals surface area contributed by atoms with Gasteiger partial charge in [-0.1, -0.05) is 0 Å². The molecule has 0 radical (unpaired) electrons. The second kappa shape index (κ2) is 8.82. The third-order valence-corrected chi connectivity index (χ3v) is 0. The number of carbonyl (C=O) groups is 1. The lowest BCUT2D eigenvalue weighted by Gasteiger charge is -1.78. The van der Waals surface area contributed by atoms with E-state index in [9.17, 15) is 0 Å². The highest BCUT2D eigenvalue weighted by Gasteiger charge is 1.44. The molecule has 0 bridgehead atoms. The Kier molecular flexibility index (Phi) is 11.6. The number of primary amides is 1. The van der Waals surface area contributed by atoms with E-state index in [1.807, 2.05) is 0 Å². The highest BCUT2D eigenvalue weighted by atomic mass is 16.4. The molecule has 5 heteroatoms. The molecule has 0 saturated carbocycles. The molecule has 0 fully saturated rings. The molecule has 0 rings (SSSR count). The fourth-order valence-corrected chi connectivity index (χ4v) is 0. The average Bonchev–Trinajstić information content (AvgIpc) is 1.33. The van der Waals surface area contributed by atoms with Gasteiger partial charge in [0.25, 0.3) is 0 Å². The Morgan fingerprint density at radius 2 is 1.86 bits per heavy atom. The van der Waals surface area contributed by atoms with Gasteiger partial charge in [-0.3, -0.25) is 4.79 Å². The summed E-state index contributed by atoms with van der Waals surface area (Å²) in [6, 6.07) is 0. The van der Waals surface area contributed by atoms with Gasteiger partial charge in [-0.25, -0.2) is 0 Å². The zero-order valence-corrected chi connectivity index (χ0v) is 3.25. The summed E-state index contributed by atoms with van der Waals surface area (Å²) in [5.74, 6) is 0. The molecule has 0 unspecified atom stereocenters. The predicted octanol–water partition coefficient (Wildman–Crippen LogP) is -1.82. The van der Waals surface area contributed by atoms with Crippen molar-refractivity contribution in [1.29, 1.82) is 0 Å². The van der Waals surface area contributed by atoms with E-state index in [4.69, 9.17) is 20.1 Å². The summed E-state index contributed by atoms with van der Waals surface area (Å²) in [5, 5.41) is 15.4. The van der Waals surface area contributed by atoms with E-state index in [0.717, 1.165) is 0 Å². The van der Waals surface area contributed by atoms with Gasteiger partial charge in [-0.05, 0) is 6.08 Å². The van der Waals surface area contributed by atoms with Crippen molar-refractivity contribution in [3.63, 3.8) is 0 Å². The van der Waals surface area contributed by atoms with Gasteiger partial charge in [0.2, 0.25) is 0 Å². The molecule has 0 aliphatic carbocycles. The standard InChI is InChI=1S/CH3NO2.CNO/c2-1(3)4;2-1-3/h2H2,(H,3,4);/q;-1/p-1. The van der Waals surface area contributed by atoms with Crippen molar-refractivity contribution in [3.05, 3.63) is 5.41 Å². The van der Waals surface area contributed by atoms with E-state index in [2.05, 4.69) is 5.73 Å². The summed E-state index contributed by atoms with van der Waals surface area (Å²) < 4.78 is 0.